The van der Waals surface area contributed by atoms with Crippen LogP contribution in [-0.2, 0) is 0 Å². The molecule has 2 N–H and O–H groups in total. The first-order valence-electron chi connectivity index (χ1n) is 7.34. The third-order valence-electron chi connectivity index (χ3n) is 4.69. The normalized spacial score (nSPS) is 21.9. The summed E-state index contributed by atoms with van der Waals surface area (Å²) in [4.78, 5) is 2.58. The summed E-state index contributed by atoms with van der Waals surface area (Å²) in [7, 11) is 0. The molecule has 1 aliphatic heterocycles. The average molecular weight is 281 g/mol. The van der Waals surface area contributed by atoms with E-state index < -0.39 is 0 Å². The summed E-state index contributed by atoms with van der Waals surface area (Å²) in [5.41, 5.74) is 7.80. The summed E-state index contributed by atoms with van der Waals surface area (Å²) >= 11 is 5.96. The third-order valence-corrected chi connectivity index (χ3v) is 4.95. The van der Waals surface area contributed by atoms with E-state index in [0.717, 1.165) is 11.4 Å². The summed E-state index contributed by atoms with van der Waals surface area (Å²) in [6, 6.07) is 8.02. The zero-order valence-electron chi connectivity index (χ0n) is 12.0. The first-order chi connectivity index (χ1) is 9.08. The molecule has 2 unspecified atom stereocenters. The molecular weight excluding hydrogens is 256 g/mol. The molecule has 2 nitrogen and oxygen atoms in total. The Morgan fingerprint density at radius 1 is 1.21 bits per heavy atom. The van der Waals surface area contributed by atoms with Gasteiger partial charge in [-0.2, -0.15) is 0 Å². The van der Waals surface area contributed by atoms with Crippen LogP contribution in [0.4, 0.5) is 0 Å². The van der Waals surface area contributed by atoms with Crippen LogP contribution < -0.4 is 5.73 Å². The summed E-state index contributed by atoms with van der Waals surface area (Å²) in [5.74, 6) is 0. The molecule has 1 heterocycles. The van der Waals surface area contributed by atoms with Gasteiger partial charge >= 0.3 is 0 Å². The van der Waals surface area contributed by atoms with Crippen molar-refractivity contribution >= 4 is 11.6 Å². The number of hydrogen-bond acceptors (Lipinski definition) is 2. The minimum absolute atomic E-state index is 0.0351. The second kappa shape index (κ2) is 6.25. The molecule has 0 spiro atoms. The summed E-state index contributed by atoms with van der Waals surface area (Å²) in [5, 5.41) is 0.770. The Labute approximate surface area is 121 Å². The summed E-state index contributed by atoms with van der Waals surface area (Å²) in [6.07, 6.45) is 5.01. The molecule has 106 valence electrons. The van der Waals surface area contributed by atoms with Crippen molar-refractivity contribution in [1.29, 1.82) is 0 Å². The van der Waals surface area contributed by atoms with Gasteiger partial charge in [0.15, 0.2) is 0 Å². The molecular formula is C16H25ClN2. The first kappa shape index (κ1) is 14.8. The van der Waals surface area contributed by atoms with Gasteiger partial charge in [0.1, 0.15) is 0 Å². The highest BCUT2D eigenvalue weighted by Gasteiger charge is 2.37. The first-order valence-corrected chi connectivity index (χ1v) is 7.72. The van der Waals surface area contributed by atoms with E-state index >= 15 is 0 Å². The Balaban J connectivity index is 2.21. The predicted molar refractivity (Wildman–Crippen MR) is 82.5 cm³/mol. The van der Waals surface area contributed by atoms with Gasteiger partial charge in [-0.1, -0.05) is 37.1 Å². The average Bonchev–Trinajstić information content (AvgIpc) is 2.47. The maximum Gasteiger partial charge on any atom is 0.0479 e. The Morgan fingerprint density at radius 2 is 1.79 bits per heavy atom. The van der Waals surface area contributed by atoms with Crippen LogP contribution in [-0.4, -0.2) is 23.5 Å². The van der Waals surface area contributed by atoms with Crippen LogP contribution in [0.3, 0.4) is 0 Å². The molecule has 1 fully saturated rings. The zero-order chi connectivity index (χ0) is 13.9. The molecule has 1 aromatic carbocycles. The van der Waals surface area contributed by atoms with Gasteiger partial charge in [0.2, 0.25) is 0 Å². The van der Waals surface area contributed by atoms with Gasteiger partial charge in [-0.05, 0) is 57.0 Å². The van der Waals surface area contributed by atoms with E-state index in [-0.39, 0.29) is 11.6 Å². The van der Waals surface area contributed by atoms with E-state index in [1.54, 1.807) is 0 Å². The zero-order valence-corrected chi connectivity index (χ0v) is 12.8. The molecule has 1 aliphatic rings. The van der Waals surface area contributed by atoms with Crippen molar-refractivity contribution in [3.8, 4) is 0 Å². The Kier molecular flexibility index (Phi) is 4.88. The minimum Gasteiger partial charge on any atom is -0.322 e. The van der Waals surface area contributed by atoms with Crippen LogP contribution in [0.5, 0.6) is 0 Å². The van der Waals surface area contributed by atoms with Gasteiger partial charge in [0.05, 0.1) is 0 Å². The van der Waals surface area contributed by atoms with Crippen molar-refractivity contribution in [2.75, 3.05) is 13.1 Å². The Bertz CT molecular complexity index is 398. The van der Waals surface area contributed by atoms with Gasteiger partial charge < -0.3 is 5.73 Å². The van der Waals surface area contributed by atoms with Gasteiger partial charge in [-0.3, -0.25) is 4.90 Å². The topological polar surface area (TPSA) is 29.3 Å². The lowest BCUT2D eigenvalue weighted by molar-refractivity contribution is 0.0543. The largest absolute Gasteiger partial charge is 0.322 e. The van der Waals surface area contributed by atoms with Crippen molar-refractivity contribution in [1.82, 2.24) is 4.90 Å². The predicted octanol–water partition coefficient (Wildman–Crippen LogP) is 3.99. The number of nitrogens with zero attached hydrogens (tertiary/aromatic N) is 1. The van der Waals surface area contributed by atoms with Crippen LogP contribution in [0.15, 0.2) is 24.3 Å². The van der Waals surface area contributed by atoms with E-state index in [1.807, 2.05) is 12.1 Å². The molecule has 0 radical (unpaired) electrons. The van der Waals surface area contributed by atoms with Crippen LogP contribution >= 0.6 is 11.6 Å². The third kappa shape index (κ3) is 3.13. The number of likely N-dealkylation sites (tertiary alicyclic amines) is 1. The smallest absolute Gasteiger partial charge is 0.0479 e. The fourth-order valence-corrected chi connectivity index (χ4v) is 3.20. The lowest BCUT2D eigenvalue weighted by Crippen LogP contribution is -2.54. The highest BCUT2D eigenvalue weighted by Crippen LogP contribution is 2.34. The highest BCUT2D eigenvalue weighted by molar-refractivity contribution is 6.30. The molecule has 0 amide bonds. The maximum atomic E-state index is 6.58. The quantitative estimate of drug-likeness (QED) is 0.903. The van der Waals surface area contributed by atoms with E-state index in [2.05, 4.69) is 30.9 Å². The van der Waals surface area contributed by atoms with Gasteiger partial charge in [-0.15, -0.1) is 0 Å². The molecule has 0 saturated carbocycles. The van der Waals surface area contributed by atoms with Crippen molar-refractivity contribution in [3.63, 3.8) is 0 Å². The molecule has 3 heteroatoms. The molecule has 1 saturated heterocycles. The number of benzene rings is 1. The van der Waals surface area contributed by atoms with Crippen molar-refractivity contribution in [2.45, 2.75) is 51.1 Å². The monoisotopic (exact) mass is 280 g/mol. The van der Waals surface area contributed by atoms with Crippen LogP contribution in [0.25, 0.3) is 0 Å². The van der Waals surface area contributed by atoms with E-state index in [9.17, 15) is 0 Å². The molecule has 0 aromatic heterocycles. The number of piperidine rings is 1. The van der Waals surface area contributed by atoms with Crippen molar-refractivity contribution in [2.24, 2.45) is 5.73 Å². The second-order valence-electron chi connectivity index (χ2n) is 5.79. The summed E-state index contributed by atoms with van der Waals surface area (Å²) < 4.78 is 0. The number of nitrogens with two attached hydrogens (primary N) is 1. The lowest BCUT2D eigenvalue weighted by Gasteiger charge is -2.47. The van der Waals surface area contributed by atoms with Crippen LogP contribution in [0.2, 0.25) is 5.02 Å². The molecule has 1 aromatic rings. The van der Waals surface area contributed by atoms with E-state index in [0.29, 0.717) is 0 Å². The standard InChI is InChI=1S/C16H25ClN2/c1-3-16(2,19-11-5-4-6-12-19)15(18)13-7-9-14(17)10-8-13/h7-10,15H,3-6,11-12,18H2,1-2H3. The van der Waals surface area contributed by atoms with Crippen molar-refractivity contribution in [3.05, 3.63) is 34.9 Å². The minimum atomic E-state index is 0.0351. The fourth-order valence-electron chi connectivity index (χ4n) is 3.07. The lowest BCUT2D eigenvalue weighted by atomic mass is 9.82. The SMILES string of the molecule is CCC(C)(C(N)c1ccc(Cl)cc1)N1CCCCC1. The van der Waals surface area contributed by atoms with Crippen molar-refractivity contribution < 1.29 is 0 Å². The molecule has 0 bridgehead atoms. The maximum absolute atomic E-state index is 6.58. The molecule has 0 aliphatic carbocycles. The fraction of sp³-hybridized carbons (Fsp3) is 0.625. The molecule has 2 rings (SSSR count). The second-order valence-corrected chi connectivity index (χ2v) is 6.22. The summed E-state index contributed by atoms with van der Waals surface area (Å²) in [6.45, 7) is 6.89. The number of rotatable bonds is 4. The Morgan fingerprint density at radius 3 is 2.32 bits per heavy atom. The molecule has 2 atom stereocenters. The molecule has 19 heavy (non-hydrogen) atoms. The Hall–Kier alpha value is -0.570. The van der Waals surface area contributed by atoms with E-state index in [4.69, 9.17) is 17.3 Å². The van der Waals surface area contributed by atoms with Crippen LogP contribution in [0, 0.1) is 0 Å². The number of hydrogen-bond donors (Lipinski definition) is 1. The van der Waals surface area contributed by atoms with Gasteiger partial charge in [0.25, 0.3) is 0 Å². The van der Waals surface area contributed by atoms with Gasteiger partial charge in [-0.25, -0.2) is 0 Å². The van der Waals surface area contributed by atoms with E-state index in [1.165, 1.54) is 37.9 Å². The van der Waals surface area contributed by atoms with Gasteiger partial charge in [0, 0.05) is 16.6 Å². The van der Waals surface area contributed by atoms with Crippen LogP contribution in [0.1, 0.15) is 51.1 Å². The highest BCUT2D eigenvalue weighted by atomic mass is 35.5. The number of halogens is 1.